The number of nitrogens with zero attached hydrogens (tertiary/aromatic N) is 4. The number of sulfonamides is 1. The Bertz CT molecular complexity index is 381. The van der Waals surface area contributed by atoms with Crippen LogP contribution in [-0.2, 0) is 17.1 Å². The van der Waals surface area contributed by atoms with E-state index in [4.69, 9.17) is 0 Å². The zero-order chi connectivity index (χ0) is 10.1. The maximum absolute atomic E-state index is 11.3. The fourth-order valence-electron chi connectivity index (χ4n) is 0.561. The van der Waals surface area contributed by atoms with Crippen molar-refractivity contribution in [3.63, 3.8) is 0 Å². The summed E-state index contributed by atoms with van der Waals surface area (Å²) >= 11 is 0. The first kappa shape index (κ1) is 9.90. The molecule has 0 aliphatic rings. The fourth-order valence-corrected chi connectivity index (χ4v) is 1.22. The van der Waals surface area contributed by atoms with Gasteiger partial charge in [0, 0.05) is 7.05 Å². The second kappa shape index (κ2) is 3.29. The molecule has 0 saturated heterocycles. The summed E-state index contributed by atoms with van der Waals surface area (Å²) in [7, 11) is -1.80. The molecule has 1 N–H and O–H groups in total. The summed E-state index contributed by atoms with van der Waals surface area (Å²) in [6.45, 7) is 3.15. The molecule has 0 fully saturated rings. The molecular formula is C5H11N5O2S. The van der Waals surface area contributed by atoms with Crippen LogP contribution < -0.4 is 4.72 Å². The standard InChI is InChI=1S/C5H11N5O2S/c1-4(2)13(11,12)7-5-6-8-9-10(5)3/h4H,1-3H3,(H,6,7,9). The molecular weight excluding hydrogens is 194 g/mol. The van der Waals surface area contributed by atoms with Crippen LogP contribution in [0.4, 0.5) is 5.95 Å². The van der Waals surface area contributed by atoms with Gasteiger partial charge < -0.3 is 0 Å². The third-order valence-electron chi connectivity index (χ3n) is 1.47. The number of anilines is 1. The van der Waals surface area contributed by atoms with Gasteiger partial charge >= 0.3 is 0 Å². The van der Waals surface area contributed by atoms with Crippen molar-refractivity contribution in [1.82, 2.24) is 20.2 Å². The van der Waals surface area contributed by atoms with E-state index in [0.717, 1.165) is 0 Å². The highest BCUT2D eigenvalue weighted by atomic mass is 32.2. The number of hydrogen-bond acceptors (Lipinski definition) is 5. The Balaban J connectivity index is 2.88. The van der Waals surface area contributed by atoms with Crippen LogP contribution in [-0.4, -0.2) is 33.9 Å². The number of rotatable bonds is 3. The lowest BCUT2D eigenvalue weighted by atomic mass is 10.6. The minimum atomic E-state index is -3.36. The second-order valence-electron chi connectivity index (χ2n) is 2.82. The van der Waals surface area contributed by atoms with Gasteiger partial charge in [-0.3, -0.25) is 0 Å². The van der Waals surface area contributed by atoms with Gasteiger partial charge in [0.15, 0.2) is 0 Å². The fraction of sp³-hybridized carbons (Fsp3) is 0.800. The average molecular weight is 205 g/mol. The van der Waals surface area contributed by atoms with Crippen LogP contribution in [0.5, 0.6) is 0 Å². The van der Waals surface area contributed by atoms with Crippen LogP contribution in [0.15, 0.2) is 0 Å². The van der Waals surface area contributed by atoms with Gasteiger partial charge in [-0.2, -0.15) is 0 Å². The third kappa shape index (κ3) is 2.14. The summed E-state index contributed by atoms with van der Waals surface area (Å²) in [5.41, 5.74) is 0. The molecule has 0 aliphatic carbocycles. The van der Waals surface area contributed by atoms with E-state index >= 15 is 0 Å². The van der Waals surface area contributed by atoms with Crippen molar-refractivity contribution in [3.8, 4) is 0 Å². The van der Waals surface area contributed by atoms with Gasteiger partial charge in [0.25, 0.3) is 5.95 Å². The molecule has 0 saturated carbocycles. The molecule has 8 heteroatoms. The van der Waals surface area contributed by atoms with Crippen molar-refractivity contribution in [2.75, 3.05) is 4.72 Å². The van der Waals surface area contributed by atoms with Crippen molar-refractivity contribution in [1.29, 1.82) is 0 Å². The third-order valence-corrected chi connectivity index (χ3v) is 3.18. The molecule has 0 spiro atoms. The molecule has 1 aromatic heterocycles. The van der Waals surface area contributed by atoms with E-state index in [9.17, 15) is 8.42 Å². The van der Waals surface area contributed by atoms with Crippen LogP contribution in [0.3, 0.4) is 0 Å². The van der Waals surface area contributed by atoms with Gasteiger partial charge in [-0.25, -0.2) is 17.8 Å². The van der Waals surface area contributed by atoms with Crippen molar-refractivity contribution in [3.05, 3.63) is 0 Å². The van der Waals surface area contributed by atoms with E-state index in [1.54, 1.807) is 20.9 Å². The monoisotopic (exact) mass is 205 g/mol. The minimum absolute atomic E-state index is 0.119. The Hall–Kier alpha value is -1.18. The normalized spacial score (nSPS) is 12.0. The minimum Gasteiger partial charge on any atom is -0.250 e. The van der Waals surface area contributed by atoms with Gasteiger partial charge in [0.2, 0.25) is 10.0 Å². The molecule has 0 aromatic carbocycles. The summed E-state index contributed by atoms with van der Waals surface area (Å²) in [6.07, 6.45) is 0. The van der Waals surface area contributed by atoms with Crippen LogP contribution in [0.2, 0.25) is 0 Å². The zero-order valence-electron chi connectivity index (χ0n) is 7.59. The predicted molar refractivity (Wildman–Crippen MR) is 46.5 cm³/mol. The molecule has 0 amide bonds. The molecule has 0 aliphatic heterocycles. The highest BCUT2D eigenvalue weighted by molar-refractivity contribution is 7.93. The van der Waals surface area contributed by atoms with E-state index in [-0.39, 0.29) is 5.95 Å². The first-order chi connectivity index (χ1) is 5.93. The SMILES string of the molecule is CC(C)S(=O)(=O)Nc1nnnn1C. The average Bonchev–Trinajstić information content (AvgIpc) is 2.35. The predicted octanol–water partition coefficient (Wildman–Crippen LogP) is -0.640. The summed E-state index contributed by atoms with van der Waals surface area (Å²) in [5, 5.41) is 9.77. The highest BCUT2D eigenvalue weighted by Crippen LogP contribution is 2.05. The van der Waals surface area contributed by atoms with E-state index < -0.39 is 15.3 Å². The molecule has 0 radical (unpaired) electrons. The molecule has 74 valence electrons. The van der Waals surface area contributed by atoms with Crippen molar-refractivity contribution in [2.24, 2.45) is 7.05 Å². The van der Waals surface area contributed by atoms with E-state index in [1.807, 2.05) is 0 Å². The zero-order valence-corrected chi connectivity index (χ0v) is 8.41. The van der Waals surface area contributed by atoms with Crippen LogP contribution in [0, 0.1) is 0 Å². The Morgan fingerprint density at radius 3 is 2.46 bits per heavy atom. The molecule has 0 unspecified atom stereocenters. The van der Waals surface area contributed by atoms with Crippen LogP contribution >= 0.6 is 0 Å². The van der Waals surface area contributed by atoms with Crippen molar-refractivity contribution < 1.29 is 8.42 Å². The lowest BCUT2D eigenvalue weighted by Crippen LogP contribution is -2.24. The molecule has 0 bridgehead atoms. The quantitative estimate of drug-likeness (QED) is 0.709. The molecule has 1 aromatic rings. The molecule has 7 nitrogen and oxygen atoms in total. The maximum Gasteiger partial charge on any atom is 0.256 e. The summed E-state index contributed by atoms with van der Waals surface area (Å²) < 4.78 is 26.2. The molecule has 1 rings (SSSR count). The van der Waals surface area contributed by atoms with Crippen molar-refractivity contribution >= 4 is 16.0 Å². The smallest absolute Gasteiger partial charge is 0.250 e. The van der Waals surface area contributed by atoms with E-state index in [0.29, 0.717) is 0 Å². The Labute approximate surface area is 76.2 Å². The molecule has 0 atom stereocenters. The number of tetrazole rings is 1. The largest absolute Gasteiger partial charge is 0.256 e. The number of nitrogens with one attached hydrogen (secondary N) is 1. The second-order valence-corrected chi connectivity index (χ2v) is 5.06. The number of hydrogen-bond donors (Lipinski definition) is 1. The Kier molecular flexibility index (Phi) is 2.50. The highest BCUT2D eigenvalue weighted by Gasteiger charge is 2.18. The molecule has 1 heterocycles. The van der Waals surface area contributed by atoms with Crippen LogP contribution in [0.1, 0.15) is 13.8 Å². The van der Waals surface area contributed by atoms with Gasteiger partial charge in [-0.05, 0) is 24.3 Å². The number of aromatic nitrogens is 4. The summed E-state index contributed by atoms with van der Waals surface area (Å²) in [5.74, 6) is 0.119. The Morgan fingerprint density at radius 1 is 1.46 bits per heavy atom. The first-order valence-corrected chi connectivity index (χ1v) is 5.22. The summed E-state index contributed by atoms with van der Waals surface area (Å²) in [4.78, 5) is 0. The van der Waals surface area contributed by atoms with Gasteiger partial charge in [-0.15, -0.1) is 0 Å². The van der Waals surface area contributed by atoms with E-state index in [2.05, 4.69) is 20.2 Å². The van der Waals surface area contributed by atoms with Gasteiger partial charge in [0.1, 0.15) is 0 Å². The maximum atomic E-state index is 11.3. The summed E-state index contributed by atoms with van der Waals surface area (Å²) in [6, 6.07) is 0. The lowest BCUT2D eigenvalue weighted by molar-refractivity contribution is 0.591. The number of aryl methyl sites for hydroxylation is 1. The Morgan fingerprint density at radius 2 is 2.08 bits per heavy atom. The topological polar surface area (TPSA) is 89.8 Å². The van der Waals surface area contributed by atoms with Gasteiger partial charge in [-0.1, -0.05) is 5.10 Å². The van der Waals surface area contributed by atoms with Gasteiger partial charge in [0.05, 0.1) is 5.25 Å². The van der Waals surface area contributed by atoms with E-state index in [1.165, 1.54) is 4.68 Å². The lowest BCUT2D eigenvalue weighted by Gasteiger charge is -2.07. The van der Waals surface area contributed by atoms with Crippen LogP contribution in [0.25, 0.3) is 0 Å². The van der Waals surface area contributed by atoms with Crippen molar-refractivity contribution in [2.45, 2.75) is 19.1 Å². The first-order valence-electron chi connectivity index (χ1n) is 3.67. The molecule has 13 heavy (non-hydrogen) atoms.